The van der Waals surface area contributed by atoms with Gasteiger partial charge in [-0.1, -0.05) is 48.5 Å². The lowest BCUT2D eigenvalue weighted by Gasteiger charge is -2.03. The Morgan fingerprint density at radius 1 is 0.905 bits per heavy atom. The van der Waals surface area contributed by atoms with Crippen molar-refractivity contribution >= 4 is 0 Å². The molecule has 0 unspecified atom stereocenters. The Morgan fingerprint density at radius 2 is 1.52 bits per heavy atom. The number of halogens is 1. The molecule has 0 amide bonds. The fraction of sp³-hybridized carbons (Fsp3) is 0.167. The van der Waals surface area contributed by atoms with E-state index >= 15 is 0 Å². The van der Waals surface area contributed by atoms with Crippen molar-refractivity contribution in [2.24, 2.45) is 0 Å². The first-order chi connectivity index (χ1) is 10.2. The van der Waals surface area contributed by atoms with Crippen molar-refractivity contribution in [3.05, 3.63) is 84.8 Å². The summed E-state index contributed by atoms with van der Waals surface area (Å²) in [7, 11) is 0. The van der Waals surface area contributed by atoms with Gasteiger partial charge in [0, 0.05) is 0 Å². The van der Waals surface area contributed by atoms with E-state index in [2.05, 4.69) is 79.2 Å². The van der Waals surface area contributed by atoms with Crippen molar-refractivity contribution in [3.8, 4) is 0 Å². The second kappa shape index (κ2) is 6.43. The summed E-state index contributed by atoms with van der Waals surface area (Å²) < 4.78 is 5.04. The van der Waals surface area contributed by atoms with Crippen LogP contribution < -0.4 is 21.2 Å². The fourth-order valence-corrected chi connectivity index (χ4v) is 4.87. The van der Waals surface area contributed by atoms with E-state index in [-0.39, 0.29) is 21.2 Å². The van der Waals surface area contributed by atoms with Crippen molar-refractivity contribution < 1.29 is 21.2 Å². The van der Waals surface area contributed by atoms with Gasteiger partial charge in [0.25, 0.3) is 0 Å². The Hall–Kier alpha value is -1.62. The molecule has 3 rings (SSSR count). The Bertz CT molecular complexity index is 718. The van der Waals surface area contributed by atoms with Gasteiger partial charge in [0.15, 0.2) is 3.57 Å². The topological polar surface area (TPSA) is 17.8 Å². The van der Waals surface area contributed by atoms with Gasteiger partial charge in [-0.25, -0.2) is 0 Å². The summed E-state index contributed by atoms with van der Waals surface area (Å²) in [6.45, 7) is 5.18. The first-order valence-electron chi connectivity index (χ1n) is 7.02. The Kier molecular flexibility index (Phi) is 4.39. The molecule has 0 aliphatic carbocycles. The van der Waals surface area contributed by atoms with Crippen molar-refractivity contribution in [1.29, 1.82) is 0 Å². The van der Waals surface area contributed by atoms with E-state index in [0.717, 1.165) is 6.54 Å². The highest BCUT2D eigenvalue weighted by atomic mass is 127. The van der Waals surface area contributed by atoms with Crippen LogP contribution >= 0.6 is 0 Å². The molecule has 0 N–H and O–H groups in total. The zero-order valence-electron chi connectivity index (χ0n) is 12.3. The smallest absolute Gasteiger partial charge is 0.260 e. The second-order valence-electron chi connectivity index (χ2n) is 5.02. The summed E-state index contributed by atoms with van der Waals surface area (Å²) >= 11 is -0.153. The molecule has 2 aromatic carbocycles. The number of rotatable bonds is 4. The van der Waals surface area contributed by atoms with Crippen LogP contribution in [0.1, 0.15) is 17.0 Å². The molecule has 2 nitrogen and oxygen atoms in total. The highest BCUT2D eigenvalue weighted by molar-refractivity contribution is 5.16. The number of nitrogens with zero attached hydrogens (tertiary/aromatic N) is 2. The van der Waals surface area contributed by atoms with Crippen LogP contribution in [0.25, 0.3) is 0 Å². The highest BCUT2D eigenvalue weighted by Crippen LogP contribution is 2.07. The van der Waals surface area contributed by atoms with Gasteiger partial charge in [-0.2, -0.15) is 5.10 Å². The number of hydrogen-bond donors (Lipinski definition) is 0. The first kappa shape index (κ1) is 14.3. The van der Waals surface area contributed by atoms with Crippen molar-refractivity contribution in [3.63, 3.8) is 0 Å². The number of aromatic nitrogens is 2. The van der Waals surface area contributed by atoms with E-state index in [1.165, 1.54) is 24.1 Å². The summed E-state index contributed by atoms with van der Waals surface area (Å²) in [5.74, 6) is 0. The molecule has 21 heavy (non-hydrogen) atoms. The maximum absolute atomic E-state index is 4.75. The van der Waals surface area contributed by atoms with Gasteiger partial charge in [-0.15, -0.1) is 0 Å². The molecule has 0 spiro atoms. The second-order valence-corrected chi connectivity index (χ2v) is 7.88. The van der Waals surface area contributed by atoms with Gasteiger partial charge in [0.1, 0.15) is 5.69 Å². The van der Waals surface area contributed by atoms with Gasteiger partial charge in [-0.3, -0.25) is 4.68 Å². The molecule has 3 heteroatoms. The number of aryl methyl sites for hydroxylation is 1. The maximum atomic E-state index is 4.75. The normalized spacial score (nSPS) is 10.8. The molecule has 0 bridgehead atoms. The van der Waals surface area contributed by atoms with Crippen molar-refractivity contribution in [1.82, 2.24) is 9.78 Å². The summed E-state index contributed by atoms with van der Waals surface area (Å²) in [6.07, 6.45) is 0. The molecule has 0 saturated heterocycles. The Balaban J connectivity index is 1.86. The molecule has 0 atom stereocenters. The van der Waals surface area contributed by atoms with Gasteiger partial charge in [0.2, 0.25) is 3.57 Å². The lowest BCUT2D eigenvalue weighted by Crippen LogP contribution is -3.62. The minimum atomic E-state index is -0.153. The summed E-state index contributed by atoms with van der Waals surface area (Å²) in [4.78, 5) is 0. The minimum absolute atomic E-state index is 0.153. The molecule has 1 aromatic heterocycles. The molecule has 1 heterocycles. The molecule has 106 valence electrons. The maximum Gasteiger partial charge on any atom is 0.362 e. The molecular weight excluding hydrogens is 371 g/mol. The minimum Gasteiger partial charge on any atom is -0.260 e. The average Bonchev–Trinajstić information content (AvgIpc) is 2.77. The van der Waals surface area contributed by atoms with Crippen LogP contribution in [0.15, 0.2) is 60.7 Å². The van der Waals surface area contributed by atoms with Gasteiger partial charge < -0.3 is 0 Å². The lowest BCUT2D eigenvalue weighted by atomic mass is 10.2. The summed E-state index contributed by atoms with van der Waals surface area (Å²) in [6, 6.07) is 21.3. The van der Waals surface area contributed by atoms with E-state index in [4.69, 9.17) is 5.10 Å². The molecule has 0 fully saturated rings. The monoisotopic (exact) mass is 389 g/mol. The zero-order valence-corrected chi connectivity index (χ0v) is 14.4. The molecule has 0 saturated carbocycles. The van der Waals surface area contributed by atoms with Crippen LogP contribution in [0.2, 0.25) is 0 Å². The first-order valence-corrected chi connectivity index (χ1v) is 9.17. The predicted octanol–water partition coefficient (Wildman–Crippen LogP) is 0.677. The standard InChI is InChI=1S/C18H18IN2/c1-14-18(19-17-11-7-4-8-12-17)15(2)21(20-14)13-16-9-5-3-6-10-16/h3-12H,13H2,1-2H3/q+1. The fourth-order valence-electron chi connectivity index (χ4n) is 2.31. The largest absolute Gasteiger partial charge is 0.362 e. The van der Waals surface area contributed by atoms with Gasteiger partial charge >= 0.3 is 21.2 Å². The summed E-state index contributed by atoms with van der Waals surface area (Å²) in [5.41, 5.74) is 3.79. The van der Waals surface area contributed by atoms with Crippen LogP contribution in [0.5, 0.6) is 0 Å². The van der Waals surface area contributed by atoms with Crippen LogP contribution in [-0.4, -0.2) is 9.78 Å². The lowest BCUT2D eigenvalue weighted by molar-refractivity contribution is -0.598. The van der Waals surface area contributed by atoms with Gasteiger partial charge in [-0.05, 0) is 31.5 Å². The van der Waals surface area contributed by atoms with E-state index in [0.29, 0.717) is 0 Å². The summed E-state index contributed by atoms with van der Waals surface area (Å²) in [5, 5.41) is 4.75. The van der Waals surface area contributed by atoms with E-state index < -0.39 is 0 Å². The zero-order chi connectivity index (χ0) is 14.7. The third kappa shape index (κ3) is 3.35. The van der Waals surface area contributed by atoms with Crippen LogP contribution in [0, 0.1) is 21.0 Å². The van der Waals surface area contributed by atoms with Crippen LogP contribution in [0.3, 0.4) is 0 Å². The molecule has 0 radical (unpaired) electrons. The predicted molar refractivity (Wildman–Crippen MR) is 81.1 cm³/mol. The van der Waals surface area contributed by atoms with Crippen molar-refractivity contribution in [2.45, 2.75) is 20.4 Å². The molecular formula is C18H18IN2+. The highest BCUT2D eigenvalue weighted by Gasteiger charge is 2.25. The van der Waals surface area contributed by atoms with E-state index in [1.54, 1.807) is 0 Å². The third-order valence-electron chi connectivity index (χ3n) is 3.41. The van der Waals surface area contributed by atoms with Crippen LogP contribution in [-0.2, 0) is 6.54 Å². The molecule has 3 aromatic rings. The third-order valence-corrected chi connectivity index (χ3v) is 6.85. The van der Waals surface area contributed by atoms with Crippen LogP contribution in [0.4, 0.5) is 0 Å². The molecule has 0 aliphatic heterocycles. The number of benzene rings is 2. The SMILES string of the molecule is Cc1nn(Cc2ccccc2)c(C)c1[I+]c1ccccc1. The average molecular weight is 389 g/mol. The van der Waals surface area contributed by atoms with E-state index in [9.17, 15) is 0 Å². The molecule has 0 aliphatic rings. The Morgan fingerprint density at radius 3 is 2.19 bits per heavy atom. The van der Waals surface area contributed by atoms with Crippen molar-refractivity contribution in [2.75, 3.05) is 0 Å². The van der Waals surface area contributed by atoms with E-state index in [1.807, 2.05) is 0 Å². The van der Waals surface area contributed by atoms with Gasteiger partial charge in [0.05, 0.1) is 12.2 Å². The number of hydrogen-bond acceptors (Lipinski definition) is 1. The Labute approximate surface area is 136 Å². The quantitative estimate of drug-likeness (QED) is 0.601.